The Kier molecular flexibility index (Phi) is 9.55. The Hall–Kier alpha value is -2.81. The molecule has 0 bridgehead atoms. The number of unbranched alkanes of at least 4 members (excludes halogenated alkanes) is 2. The molecule has 0 aliphatic heterocycles. The fraction of sp³-hybridized carbons (Fsp3) is 0.450. The summed E-state index contributed by atoms with van der Waals surface area (Å²) in [6.45, 7) is 4.49. The lowest BCUT2D eigenvalue weighted by Crippen LogP contribution is -2.27. The van der Waals surface area contributed by atoms with Crippen molar-refractivity contribution in [2.45, 2.75) is 52.0 Å². The number of aliphatic carboxylic acids is 1. The lowest BCUT2D eigenvalue weighted by Gasteiger charge is -2.13. The van der Waals surface area contributed by atoms with Gasteiger partial charge in [0, 0.05) is 25.2 Å². The van der Waals surface area contributed by atoms with Gasteiger partial charge in [-0.2, -0.15) is 5.26 Å². The quantitative estimate of drug-likeness (QED) is 0.321. The second-order valence-corrected chi connectivity index (χ2v) is 6.11. The van der Waals surface area contributed by atoms with E-state index in [0.717, 1.165) is 18.4 Å². The summed E-state index contributed by atoms with van der Waals surface area (Å²) in [7, 11) is 0. The van der Waals surface area contributed by atoms with Crippen LogP contribution in [0.25, 0.3) is 0 Å². The van der Waals surface area contributed by atoms with Crippen LogP contribution in [0.3, 0.4) is 0 Å². The number of carbonyl (C=O) groups is 2. The maximum Gasteiger partial charge on any atom is 0.303 e. The molecule has 1 rings (SSSR count). The Morgan fingerprint density at radius 1 is 1.23 bits per heavy atom. The number of benzene rings is 1. The van der Waals surface area contributed by atoms with Crippen molar-refractivity contribution in [2.24, 2.45) is 0 Å². The number of rotatable bonds is 11. The van der Waals surface area contributed by atoms with E-state index in [2.05, 4.69) is 29.7 Å². The van der Waals surface area contributed by atoms with E-state index in [9.17, 15) is 9.59 Å². The third kappa shape index (κ3) is 7.84. The van der Waals surface area contributed by atoms with Gasteiger partial charge in [0.15, 0.2) is 0 Å². The Morgan fingerprint density at radius 3 is 2.50 bits per heavy atom. The largest absolute Gasteiger partial charge is 0.481 e. The molecule has 0 aromatic heterocycles. The fourth-order valence-corrected chi connectivity index (χ4v) is 2.37. The molecule has 6 nitrogen and oxygen atoms in total. The molecule has 26 heavy (non-hydrogen) atoms. The number of carboxylic acids is 1. The topological polar surface area (TPSA) is 102 Å². The Balaban J connectivity index is 2.44. The predicted octanol–water partition coefficient (Wildman–Crippen LogP) is 3.07. The first-order chi connectivity index (χ1) is 12.5. The number of nitriles is 1. The third-order valence-corrected chi connectivity index (χ3v) is 4.08. The number of carbonyl (C=O) groups excluding carboxylic acids is 1. The average molecular weight is 357 g/mol. The van der Waals surface area contributed by atoms with Gasteiger partial charge >= 0.3 is 5.97 Å². The SMILES string of the molecule is CCc1ccc(C(C)N/C=C(/C#N)C(=O)NCCCCCC(=O)O)cc1. The monoisotopic (exact) mass is 357 g/mol. The van der Waals surface area contributed by atoms with Crippen LogP contribution in [0.15, 0.2) is 36.0 Å². The van der Waals surface area contributed by atoms with E-state index in [1.165, 1.54) is 11.8 Å². The number of amides is 1. The van der Waals surface area contributed by atoms with Gasteiger partial charge in [0.2, 0.25) is 0 Å². The van der Waals surface area contributed by atoms with E-state index in [1.54, 1.807) is 0 Å². The highest BCUT2D eigenvalue weighted by atomic mass is 16.4. The molecule has 0 radical (unpaired) electrons. The minimum absolute atomic E-state index is 0.0203. The molecule has 1 atom stereocenters. The van der Waals surface area contributed by atoms with Gasteiger partial charge in [-0.1, -0.05) is 37.6 Å². The molecule has 140 valence electrons. The van der Waals surface area contributed by atoms with Crippen LogP contribution in [-0.2, 0) is 16.0 Å². The molecule has 3 N–H and O–H groups in total. The highest BCUT2D eigenvalue weighted by Gasteiger charge is 2.09. The minimum atomic E-state index is -0.812. The Labute approximate surface area is 154 Å². The zero-order valence-electron chi connectivity index (χ0n) is 15.4. The first-order valence-corrected chi connectivity index (χ1v) is 8.93. The van der Waals surface area contributed by atoms with E-state index >= 15 is 0 Å². The van der Waals surface area contributed by atoms with Crippen LogP contribution in [0.4, 0.5) is 0 Å². The summed E-state index contributed by atoms with van der Waals surface area (Å²) >= 11 is 0. The summed E-state index contributed by atoms with van der Waals surface area (Å²) in [4.78, 5) is 22.4. The zero-order chi connectivity index (χ0) is 19.4. The molecule has 0 heterocycles. The molecule has 6 heteroatoms. The standard InChI is InChI=1S/C20H27N3O3/c1-3-16-8-10-17(11-9-16)15(2)23-14-18(13-21)20(26)22-12-6-4-5-7-19(24)25/h8-11,14-15,23H,3-7,12H2,1-2H3,(H,22,26)(H,24,25)/b18-14-. The second kappa shape index (κ2) is 11.7. The van der Waals surface area contributed by atoms with Crippen molar-refractivity contribution < 1.29 is 14.7 Å². The van der Waals surface area contributed by atoms with Crippen molar-refractivity contribution in [1.29, 1.82) is 5.26 Å². The Bertz CT molecular complexity index is 660. The summed E-state index contributed by atoms with van der Waals surface area (Å²) in [5.41, 5.74) is 2.36. The number of hydrogen-bond acceptors (Lipinski definition) is 4. The van der Waals surface area contributed by atoms with Crippen LogP contribution < -0.4 is 10.6 Å². The normalized spacial score (nSPS) is 12.1. The fourth-order valence-electron chi connectivity index (χ4n) is 2.37. The summed E-state index contributed by atoms with van der Waals surface area (Å²) in [6.07, 6.45) is 4.56. The van der Waals surface area contributed by atoms with Gasteiger partial charge in [-0.05, 0) is 37.3 Å². The summed E-state index contributed by atoms with van der Waals surface area (Å²) in [6, 6.07) is 10.1. The van der Waals surface area contributed by atoms with Gasteiger partial charge in [-0.3, -0.25) is 9.59 Å². The maximum absolute atomic E-state index is 12.0. The molecule has 0 aliphatic rings. The van der Waals surface area contributed by atoms with Crippen molar-refractivity contribution >= 4 is 11.9 Å². The minimum Gasteiger partial charge on any atom is -0.481 e. The Morgan fingerprint density at radius 2 is 1.92 bits per heavy atom. The molecular weight excluding hydrogens is 330 g/mol. The van der Waals surface area contributed by atoms with Crippen molar-refractivity contribution in [3.8, 4) is 6.07 Å². The number of hydrogen-bond donors (Lipinski definition) is 3. The van der Waals surface area contributed by atoms with Crippen LogP contribution in [0.1, 0.15) is 56.7 Å². The molecule has 1 amide bonds. The van der Waals surface area contributed by atoms with E-state index in [4.69, 9.17) is 10.4 Å². The van der Waals surface area contributed by atoms with E-state index in [0.29, 0.717) is 19.4 Å². The lowest BCUT2D eigenvalue weighted by molar-refractivity contribution is -0.137. The molecule has 1 aromatic carbocycles. The molecule has 1 unspecified atom stereocenters. The smallest absolute Gasteiger partial charge is 0.303 e. The summed E-state index contributed by atoms with van der Waals surface area (Å²) in [5.74, 6) is -1.24. The van der Waals surface area contributed by atoms with Gasteiger partial charge in [0.05, 0.1) is 0 Å². The first kappa shape index (κ1) is 21.2. The first-order valence-electron chi connectivity index (χ1n) is 8.93. The number of aryl methyl sites for hydroxylation is 1. The predicted molar refractivity (Wildman–Crippen MR) is 100 cm³/mol. The van der Waals surface area contributed by atoms with Crippen LogP contribution in [0.2, 0.25) is 0 Å². The second-order valence-electron chi connectivity index (χ2n) is 6.11. The average Bonchev–Trinajstić information content (AvgIpc) is 2.64. The van der Waals surface area contributed by atoms with E-state index < -0.39 is 11.9 Å². The van der Waals surface area contributed by atoms with Crippen molar-refractivity contribution in [3.05, 3.63) is 47.2 Å². The van der Waals surface area contributed by atoms with E-state index in [-0.39, 0.29) is 18.0 Å². The van der Waals surface area contributed by atoms with Gasteiger partial charge < -0.3 is 15.7 Å². The van der Waals surface area contributed by atoms with Crippen molar-refractivity contribution in [1.82, 2.24) is 10.6 Å². The lowest BCUT2D eigenvalue weighted by atomic mass is 10.1. The van der Waals surface area contributed by atoms with Gasteiger partial charge in [0.25, 0.3) is 5.91 Å². The van der Waals surface area contributed by atoms with Gasteiger partial charge in [-0.15, -0.1) is 0 Å². The number of nitrogens with one attached hydrogen (secondary N) is 2. The molecule has 0 fully saturated rings. The molecule has 0 spiro atoms. The molecule has 0 aliphatic carbocycles. The molecule has 0 saturated carbocycles. The number of nitrogens with zero attached hydrogens (tertiary/aromatic N) is 1. The van der Waals surface area contributed by atoms with Crippen LogP contribution in [0, 0.1) is 11.3 Å². The van der Waals surface area contributed by atoms with E-state index in [1.807, 2.05) is 25.1 Å². The van der Waals surface area contributed by atoms with Crippen LogP contribution in [0.5, 0.6) is 0 Å². The highest BCUT2D eigenvalue weighted by Crippen LogP contribution is 2.14. The van der Waals surface area contributed by atoms with Crippen molar-refractivity contribution in [3.63, 3.8) is 0 Å². The molecular formula is C20H27N3O3. The zero-order valence-corrected chi connectivity index (χ0v) is 15.4. The van der Waals surface area contributed by atoms with Crippen molar-refractivity contribution in [2.75, 3.05) is 6.54 Å². The highest BCUT2D eigenvalue weighted by molar-refractivity contribution is 5.97. The summed E-state index contributed by atoms with van der Waals surface area (Å²) < 4.78 is 0. The molecule has 1 aromatic rings. The maximum atomic E-state index is 12.0. The van der Waals surface area contributed by atoms with Crippen LogP contribution >= 0.6 is 0 Å². The number of carboxylic acid groups (broad SMARTS) is 1. The van der Waals surface area contributed by atoms with Gasteiger partial charge in [-0.25, -0.2) is 0 Å². The van der Waals surface area contributed by atoms with Crippen LogP contribution in [-0.4, -0.2) is 23.5 Å². The summed E-state index contributed by atoms with van der Waals surface area (Å²) in [5, 5.41) is 23.5. The molecule has 0 saturated heterocycles. The van der Waals surface area contributed by atoms with Gasteiger partial charge in [0.1, 0.15) is 11.6 Å². The third-order valence-electron chi connectivity index (χ3n) is 4.08.